The number of halogens is 2. The molecule has 178 valence electrons. The Morgan fingerprint density at radius 1 is 1.06 bits per heavy atom. The maximum absolute atomic E-state index is 14.5. The van der Waals surface area contributed by atoms with Gasteiger partial charge in [0, 0.05) is 6.04 Å². The summed E-state index contributed by atoms with van der Waals surface area (Å²) in [5.74, 6) is -0.897. The first-order chi connectivity index (χ1) is 15.4. The number of nitrogens with one attached hydrogen (secondary N) is 1. The minimum Gasteiger partial charge on any atom is -0.374 e. The summed E-state index contributed by atoms with van der Waals surface area (Å²) in [5, 5.41) is 13.6. The van der Waals surface area contributed by atoms with Gasteiger partial charge in [0.25, 0.3) is 0 Å². The lowest BCUT2D eigenvalue weighted by atomic mass is 9.84. The molecular formula is C25H32F2N4O2. The summed E-state index contributed by atoms with van der Waals surface area (Å²) in [6.45, 7) is 9.39. The van der Waals surface area contributed by atoms with Crippen molar-refractivity contribution in [2.24, 2.45) is 16.6 Å². The van der Waals surface area contributed by atoms with Gasteiger partial charge in [-0.3, -0.25) is 15.0 Å². The van der Waals surface area contributed by atoms with Crippen molar-refractivity contribution in [3.05, 3.63) is 70.8 Å². The van der Waals surface area contributed by atoms with E-state index >= 15 is 0 Å². The number of aliphatic hydroxyl groups is 1. The van der Waals surface area contributed by atoms with E-state index in [-0.39, 0.29) is 41.6 Å². The van der Waals surface area contributed by atoms with E-state index < -0.39 is 23.6 Å². The van der Waals surface area contributed by atoms with Gasteiger partial charge in [0.05, 0.1) is 18.0 Å². The standard InChI is InChI=1S/C25H32F2N4O2/c1-14(2)25(5)13-22(32)31(24(28)30-25)16(4)18-9-19(12-21(27)11-18)23(33)29-15(3)17-7-6-8-20(26)10-17/h6-12,14-16,23,29,33H,13H2,1-5H3,(H2,28,30). The minimum atomic E-state index is -1.21. The Labute approximate surface area is 193 Å². The van der Waals surface area contributed by atoms with Crippen molar-refractivity contribution in [3.8, 4) is 0 Å². The van der Waals surface area contributed by atoms with Crippen LogP contribution in [-0.2, 0) is 4.79 Å². The van der Waals surface area contributed by atoms with Crippen molar-refractivity contribution >= 4 is 11.9 Å². The molecule has 0 aliphatic carbocycles. The maximum atomic E-state index is 14.5. The molecule has 0 fully saturated rings. The number of nitrogens with two attached hydrogens (primary N) is 1. The molecule has 4 unspecified atom stereocenters. The average Bonchev–Trinajstić information content (AvgIpc) is 2.72. The average molecular weight is 459 g/mol. The van der Waals surface area contributed by atoms with Gasteiger partial charge in [-0.15, -0.1) is 0 Å². The van der Waals surface area contributed by atoms with Gasteiger partial charge in [-0.2, -0.15) is 0 Å². The van der Waals surface area contributed by atoms with Gasteiger partial charge < -0.3 is 10.8 Å². The van der Waals surface area contributed by atoms with Crippen LogP contribution < -0.4 is 11.1 Å². The normalized spacial score (nSPS) is 21.7. The second-order valence-corrected chi connectivity index (χ2v) is 9.26. The largest absolute Gasteiger partial charge is 0.374 e. The Balaban J connectivity index is 1.84. The molecule has 0 radical (unpaired) electrons. The summed E-state index contributed by atoms with van der Waals surface area (Å²) < 4.78 is 28.0. The zero-order valence-corrected chi connectivity index (χ0v) is 19.6. The molecule has 0 bridgehead atoms. The predicted molar refractivity (Wildman–Crippen MR) is 124 cm³/mol. The third-order valence-electron chi connectivity index (χ3n) is 6.52. The molecule has 6 nitrogen and oxygen atoms in total. The number of aliphatic hydroxyl groups excluding tert-OH is 1. The summed E-state index contributed by atoms with van der Waals surface area (Å²) in [5.41, 5.74) is 6.99. The third kappa shape index (κ3) is 5.39. The lowest BCUT2D eigenvalue weighted by molar-refractivity contribution is -0.131. The second kappa shape index (κ2) is 9.57. The number of hydrogen-bond acceptors (Lipinski definition) is 5. The minimum absolute atomic E-state index is 0.0964. The number of guanidine groups is 1. The van der Waals surface area contributed by atoms with Crippen LogP contribution in [0.3, 0.4) is 0 Å². The van der Waals surface area contributed by atoms with E-state index in [2.05, 4.69) is 10.3 Å². The van der Waals surface area contributed by atoms with Gasteiger partial charge >= 0.3 is 0 Å². The molecule has 1 aliphatic heterocycles. The second-order valence-electron chi connectivity index (χ2n) is 9.26. The van der Waals surface area contributed by atoms with Crippen molar-refractivity contribution in [3.63, 3.8) is 0 Å². The topological polar surface area (TPSA) is 91.0 Å². The van der Waals surface area contributed by atoms with Crippen molar-refractivity contribution in [1.29, 1.82) is 0 Å². The van der Waals surface area contributed by atoms with Gasteiger partial charge in [0.1, 0.15) is 17.9 Å². The summed E-state index contributed by atoms with van der Waals surface area (Å²) in [6, 6.07) is 9.22. The Bertz CT molecular complexity index is 1060. The number of hydrogen-bond donors (Lipinski definition) is 3. The fourth-order valence-electron chi connectivity index (χ4n) is 4.01. The van der Waals surface area contributed by atoms with Gasteiger partial charge in [-0.25, -0.2) is 13.8 Å². The molecule has 2 aromatic carbocycles. The number of aliphatic imine (C=N–C) groups is 1. The van der Waals surface area contributed by atoms with E-state index in [1.165, 1.54) is 29.2 Å². The van der Waals surface area contributed by atoms with Crippen LogP contribution in [-0.4, -0.2) is 27.4 Å². The van der Waals surface area contributed by atoms with Crippen molar-refractivity contribution in [2.45, 2.75) is 64.9 Å². The molecule has 4 N–H and O–H groups in total. The van der Waals surface area contributed by atoms with E-state index in [4.69, 9.17) is 5.73 Å². The molecule has 3 rings (SSSR count). The Morgan fingerprint density at radius 3 is 2.30 bits per heavy atom. The molecule has 0 saturated heterocycles. The highest BCUT2D eigenvalue weighted by atomic mass is 19.1. The molecule has 4 atom stereocenters. The van der Waals surface area contributed by atoms with Crippen molar-refractivity contribution < 1.29 is 18.7 Å². The van der Waals surface area contributed by atoms with Gasteiger partial charge in [0.15, 0.2) is 5.96 Å². The molecule has 1 aliphatic rings. The maximum Gasteiger partial charge on any atom is 0.232 e. The van der Waals surface area contributed by atoms with Crippen LogP contribution in [0.5, 0.6) is 0 Å². The zero-order chi connectivity index (χ0) is 24.5. The molecule has 33 heavy (non-hydrogen) atoms. The first-order valence-corrected chi connectivity index (χ1v) is 11.1. The molecule has 1 heterocycles. The fourth-order valence-corrected chi connectivity index (χ4v) is 4.01. The quantitative estimate of drug-likeness (QED) is 0.539. The Kier molecular flexibility index (Phi) is 7.19. The summed E-state index contributed by atoms with van der Waals surface area (Å²) in [7, 11) is 0. The fraction of sp³-hybridized carbons (Fsp3) is 0.440. The summed E-state index contributed by atoms with van der Waals surface area (Å²) in [4.78, 5) is 18.9. The number of carbonyl (C=O) groups is 1. The molecule has 0 aromatic heterocycles. The van der Waals surface area contributed by atoms with Gasteiger partial charge in [-0.1, -0.05) is 26.0 Å². The smallest absolute Gasteiger partial charge is 0.232 e. The summed E-state index contributed by atoms with van der Waals surface area (Å²) >= 11 is 0. The zero-order valence-electron chi connectivity index (χ0n) is 19.6. The number of benzene rings is 2. The van der Waals surface area contributed by atoms with E-state index in [9.17, 15) is 18.7 Å². The lowest BCUT2D eigenvalue weighted by Crippen LogP contribution is -2.52. The van der Waals surface area contributed by atoms with Gasteiger partial charge in [0.2, 0.25) is 5.91 Å². The number of nitrogens with zero attached hydrogens (tertiary/aromatic N) is 2. The highest BCUT2D eigenvalue weighted by Gasteiger charge is 2.40. The highest BCUT2D eigenvalue weighted by Crippen LogP contribution is 2.34. The van der Waals surface area contributed by atoms with Crippen LogP contribution in [0.4, 0.5) is 8.78 Å². The van der Waals surface area contributed by atoms with E-state index in [1.807, 2.05) is 20.8 Å². The Morgan fingerprint density at radius 2 is 1.70 bits per heavy atom. The summed E-state index contributed by atoms with van der Waals surface area (Å²) in [6.07, 6.45) is -1.01. The van der Waals surface area contributed by atoms with Crippen LogP contribution in [0.25, 0.3) is 0 Å². The molecule has 2 aromatic rings. The first-order valence-electron chi connectivity index (χ1n) is 11.1. The van der Waals surface area contributed by atoms with Crippen LogP contribution in [0.15, 0.2) is 47.5 Å². The van der Waals surface area contributed by atoms with E-state index in [0.717, 1.165) is 0 Å². The molecule has 8 heteroatoms. The van der Waals surface area contributed by atoms with Crippen LogP contribution in [0, 0.1) is 17.6 Å². The highest BCUT2D eigenvalue weighted by molar-refractivity contribution is 5.99. The van der Waals surface area contributed by atoms with Crippen LogP contribution in [0.2, 0.25) is 0 Å². The van der Waals surface area contributed by atoms with Crippen LogP contribution in [0.1, 0.15) is 76.0 Å². The number of rotatable bonds is 7. The van der Waals surface area contributed by atoms with Crippen LogP contribution >= 0.6 is 0 Å². The first kappa shape index (κ1) is 24.8. The number of amides is 1. The molecule has 1 amide bonds. The predicted octanol–water partition coefficient (Wildman–Crippen LogP) is 4.33. The monoisotopic (exact) mass is 458 g/mol. The molecule has 0 spiro atoms. The molecular weight excluding hydrogens is 426 g/mol. The van der Waals surface area contributed by atoms with E-state index in [1.54, 1.807) is 32.0 Å². The van der Waals surface area contributed by atoms with Gasteiger partial charge in [-0.05, 0) is 73.7 Å². The lowest BCUT2D eigenvalue weighted by Gasteiger charge is -2.40. The SMILES string of the molecule is CC(NC(O)c1cc(F)cc(C(C)N2C(=O)CC(C)(C(C)C)N=C2N)c1)c1cccc(F)c1. The third-order valence-corrected chi connectivity index (χ3v) is 6.52. The van der Waals surface area contributed by atoms with E-state index in [0.29, 0.717) is 11.1 Å². The Hall–Kier alpha value is -2.84. The number of carbonyl (C=O) groups excluding carboxylic acids is 1. The van der Waals surface area contributed by atoms with Crippen molar-refractivity contribution in [1.82, 2.24) is 10.2 Å². The van der Waals surface area contributed by atoms with Crippen molar-refractivity contribution in [2.75, 3.05) is 0 Å². The molecule has 0 saturated carbocycles.